The molecule has 0 aliphatic carbocycles. The Kier molecular flexibility index (Phi) is 5.87. The van der Waals surface area contributed by atoms with Crippen molar-refractivity contribution < 1.29 is 39.2 Å². The van der Waals surface area contributed by atoms with Crippen LogP contribution in [0.25, 0.3) is 11.3 Å². The maximum absolute atomic E-state index is 9.93. The molecule has 2 heterocycles. The quantitative estimate of drug-likeness (QED) is 0.541. The first-order chi connectivity index (χ1) is 12.5. The number of hydrogen-bond acceptors (Lipinski definition) is 9. The van der Waals surface area contributed by atoms with E-state index >= 15 is 0 Å². The molecule has 1 aromatic heterocycles. The molecular formula is C17H21NO8. The van der Waals surface area contributed by atoms with Gasteiger partial charge in [0.25, 0.3) is 0 Å². The minimum absolute atomic E-state index is 0.0775. The maximum atomic E-state index is 9.93. The first kappa shape index (κ1) is 18.8. The van der Waals surface area contributed by atoms with Crippen LogP contribution in [0.3, 0.4) is 0 Å². The highest BCUT2D eigenvalue weighted by atomic mass is 16.7. The zero-order valence-corrected chi connectivity index (χ0v) is 14.1. The summed E-state index contributed by atoms with van der Waals surface area (Å²) in [6.45, 7) is -0.597. The van der Waals surface area contributed by atoms with Crippen molar-refractivity contribution in [1.29, 1.82) is 0 Å². The van der Waals surface area contributed by atoms with Crippen LogP contribution in [0.4, 0.5) is 0 Å². The zero-order valence-electron chi connectivity index (χ0n) is 14.1. The van der Waals surface area contributed by atoms with Crippen LogP contribution in [-0.4, -0.2) is 70.0 Å². The van der Waals surface area contributed by atoms with Crippen molar-refractivity contribution >= 4 is 0 Å². The number of nitrogens with zero attached hydrogens (tertiary/aromatic N) is 1. The van der Waals surface area contributed by atoms with E-state index in [-0.39, 0.29) is 6.61 Å². The van der Waals surface area contributed by atoms with Crippen molar-refractivity contribution in [2.24, 2.45) is 0 Å². The summed E-state index contributed by atoms with van der Waals surface area (Å²) in [7, 11) is 1.58. The van der Waals surface area contributed by atoms with Crippen molar-refractivity contribution in [1.82, 2.24) is 5.16 Å². The first-order valence-corrected chi connectivity index (χ1v) is 8.05. The molecule has 0 unspecified atom stereocenters. The van der Waals surface area contributed by atoms with Gasteiger partial charge in [-0.2, -0.15) is 0 Å². The Morgan fingerprint density at radius 1 is 1.08 bits per heavy atom. The topological polar surface area (TPSA) is 135 Å². The van der Waals surface area contributed by atoms with Gasteiger partial charge in [0.05, 0.1) is 13.7 Å². The van der Waals surface area contributed by atoms with Crippen LogP contribution in [0.2, 0.25) is 0 Å². The zero-order chi connectivity index (χ0) is 18.7. The predicted molar refractivity (Wildman–Crippen MR) is 87.0 cm³/mol. The van der Waals surface area contributed by atoms with Gasteiger partial charge < -0.3 is 39.2 Å². The highest BCUT2D eigenvalue weighted by Gasteiger charge is 2.44. The molecule has 1 saturated heterocycles. The van der Waals surface area contributed by atoms with Gasteiger partial charge >= 0.3 is 0 Å². The summed E-state index contributed by atoms with van der Waals surface area (Å²) in [6.07, 6.45) is -6.63. The molecule has 1 aliphatic rings. The van der Waals surface area contributed by atoms with Gasteiger partial charge in [-0.05, 0) is 24.3 Å². The number of ether oxygens (including phenoxy) is 3. The fourth-order valence-electron chi connectivity index (χ4n) is 2.65. The van der Waals surface area contributed by atoms with E-state index in [2.05, 4.69) is 5.16 Å². The smallest absolute Gasteiger partial charge is 0.187 e. The van der Waals surface area contributed by atoms with Crippen LogP contribution in [0.1, 0.15) is 5.76 Å². The van der Waals surface area contributed by atoms with E-state index in [9.17, 15) is 15.3 Å². The second kappa shape index (κ2) is 8.12. The fourth-order valence-corrected chi connectivity index (χ4v) is 2.65. The van der Waals surface area contributed by atoms with Gasteiger partial charge in [-0.3, -0.25) is 0 Å². The highest BCUT2D eigenvalue weighted by Crippen LogP contribution is 2.25. The third-order valence-electron chi connectivity index (χ3n) is 4.18. The van der Waals surface area contributed by atoms with Crippen molar-refractivity contribution in [3.05, 3.63) is 36.1 Å². The molecule has 0 saturated carbocycles. The fraction of sp³-hybridized carbons (Fsp3) is 0.471. The number of rotatable bonds is 6. The second-order valence-electron chi connectivity index (χ2n) is 5.92. The summed E-state index contributed by atoms with van der Waals surface area (Å²) in [4.78, 5) is 0. The summed E-state index contributed by atoms with van der Waals surface area (Å²) < 4.78 is 21.0. The molecule has 3 rings (SSSR count). The van der Waals surface area contributed by atoms with Gasteiger partial charge in [-0.1, -0.05) is 5.16 Å². The molecule has 0 radical (unpaired) electrons. The minimum Gasteiger partial charge on any atom is -0.497 e. The molecule has 1 aromatic carbocycles. The van der Waals surface area contributed by atoms with Gasteiger partial charge in [0.2, 0.25) is 0 Å². The van der Waals surface area contributed by atoms with E-state index in [1.54, 1.807) is 25.3 Å². The molecule has 9 heteroatoms. The number of benzene rings is 1. The van der Waals surface area contributed by atoms with Gasteiger partial charge in [-0.15, -0.1) is 0 Å². The van der Waals surface area contributed by atoms with Crippen molar-refractivity contribution in [3.8, 4) is 17.0 Å². The molecule has 0 spiro atoms. The average molecular weight is 367 g/mol. The summed E-state index contributed by atoms with van der Waals surface area (Å²) in [5.74, 6) is 1.11. The highest BCUT2D eigenvalue weighted by molar-refractivity contribution is 5.59. The Bertz CT molecular complexity index is 701. The van der Waals surface area contributed by atoms with E-state index in [1.807, 2.05) is 12.1 Å². The number of aromatic nitrogens is 1. The molecule has 9 nitrogen and oxygen atoms in total. The molecule has 1 aliphatic heterocycles. The molecular weight excluding hydrogens is 346 g/mol. The van der Waals surface area contributed by atoms with Crippen LogP contribution in [0, 0.1) is 0 Å². The van der Waals surface area contributed by atoms with Crippen LogP contribution in [0.5, 0.6) is 5.75 Å². The Morgan fingerprint density at radius 2 is 1.81 bits per heavy atom. The predicted octanol–water partition coefficient (Wildman–Crippen LogP) is -0.333. The Morgan fingerprint density at radius 3 is 2.46 bits per heavy atom. The standard InChI is InChI=1S/C17H21NO8/c1-23-10-4-2-9(3-5-10)12-6-11(26-18-12)8-24-17-16(22)15(21)14(20)13(7-19)25-17/h2-6,13-17,19-22H,7-8H2,1H3/t13-,14+,15+,16-,17-/m1/s1. The van der Waals surface area contributed by atoms with Crippen LogP contribution in [0.15, 0.2) is 34.9 Å². The third-order valence-corrected chi connectivity index (χ3v) is 4.18. The van der Waals surface area contributed by atoms with Gasteiger partial charge in [0, 0.05) is 11.6 Å². The number of hydrogen-bond donors (Lipinski definition) is 4. The van der Waals surface area contributed by atoms with Crippen molar-refractivity contribution in [2.45, 2.75) is 37.3 Å². The van der Waals surface area contributed by atoms with Gasteiger partial charge in [0.15, 0.2) is 12.1 Å². The van der Waals surface area contributed by atoms with Crippen LogP contribution >= 0.6 is 0 Å². The summed E-state index contributed by atoms with van der Waals surface area (Å²) >= 11 is 0. The monoisotopic (exact) mass is 367 g/mol. The molecule has 2 aromatic rings. The van der Waals surface area contributed by atoms with Crippen LogP contribution in [-0.2, 0) is 16.1 Å². The number of methoxy groups -OCH3 is 1. The lowest BCUT2D eigenvalue weighted by Gasteiger charge is -2.39. The molecule has 26 heavy (non-hydrogen) atoms. The van der Waals surface area contributed by atoms with Gasteiger partial charge in [0.1, 0.15) is 42.5 Å². The molecule has 142 valence electrons. The third kappa shape index (κ3) is 3.88. The molecule has 0 amide bonds. The van der Waals surface area contributed by atoms with Crippen LogP contribution < -0.4 is 4.74 Å². The van der Waals surface area contributed by atoms with Gasteiger partial charge in [-0.25, -0.2) is 0 Å². The van der Waals surface area contributed by atoms with E-state index in [0.29, 0.717) is 11.5 Å². The van der Waals surface area contributed by atoms with Crippen molar-refractivity contribution in [2.75, 3.05) is 13.7 Å². The van der Waals surface area contributed by atoms with Crippen molar-refractivity contribution in [3.63, 3.8) is 0 Å². The number of aliphatic hydroxyl groups is 4. The Labute approximate surface area is 149 Å². The van der Waals surface area contributed by atoms with E-state index < -0.39 is 37.3 Å². The van der Waals surface area contributed by atoms with E-state index in [4.69, 9.17) is 23.8 Å². The lowest BCUT2D eigenvalue weighted by atomic mass is 9.99. The Hall–Kier alpha value is -2.01. The number of aliphatic hydroxyl groups excluding tert-OH is 4. The maximum Gasteiger partial charge on any atom is 0.187 e. The molecule has 1 fully saturated rings. The van der Waals surface area contributed by atoms with E-state index in [0.717, 1.165) is 11.3 Å². The summed E-state index contributed by atoms with van der Waals surface area (Å²) in [5, 5.41) is 42.5. The molecule has 4 N–H and O–H groups in total. The average Bonchev–Trinajstić information content (AvgIpc) is 3.15. The first-order valence-electron chi connectivity index (χ1n) is 8.05. The second-order valence-corrected chi connectivity index (χ2v) is 5.92. The molecule has 0 bridgehead atoms. The van der Waals surface area contributed by atoms with E-state index in [1.165, 1.54) is 0 Å². The lowest BCUT2D eigenvalue weighted by molar-refractivity contribution is -0.305. The Balaban J connectivity index is 1.62. The largest absolute Gasteiger partial charge is 0.497 e. The summed E-state index contributed by atoms with van der Waals surface area (Å²) in [5.41, 5.74) is 1.42. The minimum atomic E-state index is -1.49. The SMILES string of the molecule is COc1ccc(-c2cc(CO[C@@H]3O[C@H](CO)[C@H](O)[C@H](O)[C@H]3O)on2)cc1. The molecule has 5 atom stereocenters. The summed E-state index contributed by atoms with van der Waals surface area (Å²) in [6, 6.07) is 8.94. The lowest BCUT2D eigenvalue weighted by Crippen LogP contribution is -2.59. The normalized spacial score (nSPS) is 28.9.